The summed E-state index contributed by atoms with van der Waals surface area (Å²) >= 11 is 1.81. The van der Waals surface area contributed by atoms with E-state index < -0.39 is 0 Å². The monoisotopic (exact) mass is 307 g/mol. The number of unbranched alkanes of at least 4 members (excludes halogenated alkanes) is 1. The highest BCUT2D eigenvalue weighted by atomic mass is 32.1. The van der Waals surface area contributed by atoms with Gasteiger partial charge in [0, 0.05) is 17.8 Å². The average Bonchev–Trinajstić information content (AvgIpc) is 3.04. The Kier molecular flexibility index (Phi) is 5.31. The summed E-state index contributed by atoms with van der Waals surface area (Å²) in [5.74, 6) is 0.348. The Labute approximate surface area is 131 Å². The van der Waals surface area contributed by atoms with E-state index in [1.54, 1.807) is 0 Å². The van der Waals surface area contributed by atoms with Crippen molar-refractivity contribution >= 4 is 17.2 Å². The van der Waals surface area contributed by atoms with Gasteiger partial charge in [0.1, 0.15) is 0 Å². The molecule has 2 heterocycles. The first-order valence-corrected chi connectivity index (χ1v) is 9.16. The number of hydrogen-bond acceptors (Lipinski definition) is 3. The van der Waals surface area contributed by atoms with Gasteiger partial charge < -0.3 is 9.64 Å². The molecule has 2 atom stereocenters. The van der Waals surface area contributed by atoms with E-state index in [0.717, 1.165) is 45.3 Å². The molecule has 0 N–H and O–H groups in total. The van der Waals surface area contributed by atoms with Gasteiger partial charge in [-0.05, 0) is 43.6 Å². The molecule has 1 aliphatic heterocycles. The van der Waals surface area contributed by atoms with Crippen molar-refractivity contribution in [3.8, 4) is 0 Å². The van der Waals surface area contributed by atoms with E-state index in [1.165, 1.54) is 17.7 Å². The van der Waals surface area contributed by atoms with Crippen LogP contribution in [-0.4, -0.2) is 36.1 Å². The van der Waals surface area contributed by atoms with Crippen LogP contribution in [0.15, 0.2) is 17.5 Å². The summed E-state index contributed by atoms with van der Waals surface area (Å²) < 4.78 is 5.84. The standard InChI is InChI=1S/C17H25NO2S/c19-17(10-4-1-6-14-7-5-13-21-14)18-11-12-20-16-9-3-2-8-15(16)18/h5,7,13,15-16H,1-4,6,8-12H2. The van der Waals surface area contributed by atoms with E-state index in [4.69, 9.17) is 4.74 Å². The van der Waals surface area contributed by atoms with E-state index in [9.17, 15) is 4.79 Å². The molecule has 2 aliphatic rings. The van der Waals surface area contributed by atoms with Gasteiger partial charge in [0.05, 0.1) is 18.8 Å². The molecule has 0 aromatic carbocycles. The molecule has 0 bridgehead atoms. The van der Waals surface area contributed by atoms with Gasteiger partial charge in [0.25, 0.3) is 0 Å². The lowest BCUT2D eigenvalue weighted by molar-refractivity contribution is -0.149. The Morgan fingerprint density at radius 3 is 3.10 bits per heavy atom. The van der Waals surface area contributed by atoms with Crippen molar-refractivity contribution in [3.63, 3.8) is 0 Å². The lowest BCUT2D eigenvalue weighted by Crippen LogP contribution is -2.54. The highest BCUT2D eigenvalue weighted by Crippen LogP contribution is 2.29. The molecule has 3 rings (SSSR count). The van der Waals surface area contributed by atoms with Crippen LogP contribution in [0.2, 0.25) is 0 Å². The highest BCUT2D eigenvalue weighted by Gasteiger charge is 2.36. The molecule has 1 saturated heterocycles. The van der Waals surface area contributed by atoms with Crippen LogP contribution in [0, 0.1) is 0 Å². The maximum Gasteiger partial charge on any atom is 0.222 e. The molecular weight excluding hydrogens is 282 g/mol. The summed E-state index contributed by atoms with van der Waals surface area (Å²) in [4.78, 5) is 16.0. The third-order valence-electron chi connectivity index (χ3n) is 4.70. The largest absolute Gasteiger partial charge is 0.374 e. The van der Waals surface area contributed by atoms with E-state index in [0.29, 0.717) is 24.5 Å². The minimum atomic E-state index is 0.308. The lowest BCUT2D eigenvalue weighted by atomic mass is 9.90. The van der Waals surface area contributed by atoms with Gasteiger partial charge in [0.15, 0.2) is 0 Å². The number of morpholine rings is 1. The van der Waals surface area contributed by atoms with Crippen molar-refractivity contribution in [2.24, 2.45) is 0 Å². The Morgan fingerprint density at radius 2 is 2.24 bits per heavy atom. The number of carbonyl (C=O) groups excluding carboxylic acids is 1. The van der Waals surface area contributed by atoms with Crippen LogP contribution in [-0.2, 0) is 16.0 Å². The molecule has 116 valence electrons. The fraction of sp³-hybridized carbons (Fsp3) is 0.706. The number of aryl methyl sites for hydroxylation is 1. The van der Waals surface area contributed by atoms with Crippen LogP contribution < -0.4 is 0 Å². The molecule has 2 fully saturated rings. The summed E-state index contributed by atoms with van der Waals surface area (Å²) in [7, 11) is 0. The Balaban J connectivity index is 1.43. The molecule has 4 heteroatoms. The summed E-state index contributed by atoms with van der Waals surface area (Å²) in [6.07, 6.45) is 9.00. The van der Waals surface area contributed by atoms with Crippen LogP contribution in [0.4, 0.5) is 0 Å². The van der Waals surface area contributed by atoms with Crippen LogP contribution in [0.5, 0.6) is 0 Å². The smallest absolute Gasteiger partial charge is 0.222 e. The first-order valence-electron chi connectivity index (χ1n) is 8.28. The van der Waals surface area contributed by atoms with Crippen LogP contribution in [0.25, 0.3) is 0 Å². The SMILES string of the molecule is O=C(CCCCc1cccs1)N1CCOC2CCCCC21. The number of ether oxygens (including phenoxy) is 1. The lowest BCUT2D eigenvalue weighted by Gasteiger charge is -2.43. The van der Waals surface area contributed by atoms with Crippen molar-refractivity contribution in [2.75, 3.05) is 13.2 Å². The molecule has 1 aliphatic carbocycles. The summed E-state index contributed by atoms with van der Waals surface area (Å²) in [5, 5.41) is 2.12. The van der Waals surface area contributed by atoms with E-state index in [-0.39, 0.29) is 0 Å². The first kappa shape index (κ1) is 15.0. The Bertz CT molecular complexity index is 444. The zero-order valence-corrected chi connectivity index (χ0v) is 13.4. The minimum absolute atomic E-state index is 0.308. The van der Waals surface area contributed by atoms with Gasteiger partial charge >= 0.3 is 0 Å². The summed E-state index contributed by atoms with van der Waals surface area (Å²) in [5.41, 5.74) is 0. The van der Waals surface area contributed by atoms with Crippen molar-refractivity contribution in [3.05, 3.63) is 22.4 Å². The fourth-order valence-electron chi connectivity index (χ4n) is 3.58. The fourth-order valence-corrected chi connectivity index (χ4v) is 4.33. The minimum Gasteiger partial charge on any atom is -0.374 e. The second kappa shape index (κ2) is 7.41. The second-order valence-corrected chi connectivity index (χ2v) is 7.17. The molecule has 0 radical (unpaired) electrons. The van der Waals surface area contributed by atoms with E-state index in [2.05, 4.69) is 22.4 Å². The van der Waals surface area contributed by atoms with E-state index in [1.807, 2.05) is 11.3 Å². The zero-order valence-electron chi connectivity index (χ0n) is 12.6. The van der Waals surface area contributed by atoms with Crippen LogP contribution in [0.1, 0.15) is 49.8 Å². The van der Waals surface area contributed by atoms with Gasteiger partial charge in [0.2, 0.25) is 5.91 Å². The quantitative estimate of drug-likeness (QED) is 0.777. The molecule has 2 unspecified atom stereocenters. The number of rotatable bonds is 5. The molecule has 1 saturated carbocycles. The van der Waals surface area contributed by atoms with Gasteiger partial charge in [-0.2, -0.15) is 0 Å². The normalized spacial score (nSPS) is 25.6. The Morgan fingerprint density at radius 1 is 1.33 bits per heavy atom. The molecule has 1 amide bonds. The second-order valence-electron chi connectivity index (χ2n) is 6.13. The van der Waals surface area contributed by atoms with Gasteiger partial charge in [-0.15, -0.1) is 11.3 Å². The van der Waals surface area contributed by atoms with Gasteiger partial charge in [-0.25, -0.2) is 0 Å². The molecule has 3 nitrogen and oxygen atoms in total. The van der Waals surface area contributed by atoms with Crippen LogP contribution >= 0.6 is 11.3 Å². The van der Waals surface area contributed by atoms with Crippen molar-refractivity contribution in [1.82, 2.24) is 4.90 Å². The molecule has 21 heavy (non-hydrogen) atoms. The molecule has 1 aromatic heterocycles. The molecule has 1 aromatic rings. The molecule has 0 spiro atoms. The number of fused-ring (bicyclic) bond motifs is 1. The number of thiophene rings is 1. The first-order chi connectivity index (χ1) is 10.3. The van der Waals surface area contributed by atoms with Crippen molar-refractivity contribution in [1.29, 1.82) is 0 Å². The third-order valence-corrected chi connectivity index (χ3v) is 5.63. The van der Waals surface area contributed by atoms with Gasteiger partial charge in [-0.1, -0.05) is 18.9 Å². The third kappa shape index (κ3) is 3.86. The summed E-state index contributed by atoms with van der Waals surface area (Å²) in [6, 6.07) is 4.64. The van der Waals surface area contributed by atoms with Gasteiger partial charge in [-0.3, -0.25) is 4.79 Å². The summed E-state index contributed by atoms with van der Waals surface area (Å²) in [6.45, 7) is 1.52. The maximum absolute atomic E-state index is 12.5. The number of amides is 1. The Hall–Kier alpha value is -0.870. The topological polar surface area (TPSA) is 29.5 Å². The number of carbonyl (C=O) groups is 1. The molecular formula is C17H25NO2S. The van der Waals surface area contributed by atoms with E-state index >= 15 is 0 Å². The zero-order chi connectivity index (χ0) is 14.5. The number of hydrogen-bond donors (Lipinski definition) is 0. The highest BCUT2D eigenvalue weighted by molar-refractivity contribution is 7.09. The predicted octanol–water partition coefficient (Wildman–Crippen LogP) is 3.63. The predicted molar refractivity (Wildman–Crippen MR) is 85.6 cm³/mol. The average molecular weight is 307 g/mol. The maximum atomic E-state index is 12.5. The van der Waals surface area contributed by atoms with Crippen molar-refractivity contribution < 1.29 is 9.53 Å². The van der Waals surface area contributed by atoms with Crippen LogP contribution in [0.3, 0.4) is 0 Å². The number of nitrogens with zero attached hydrogens (tertiary/aromatic N) is 1. The van der Waals surface area contributed by atoms with Crippen molar-refractivity contribution in [2.45, 2.75) is 63.5 Å².